The molecule has 0 heterocycles. The van der Waals surface area contributed by atoms with Gasteiger partial charge in [0, 0.05) is 16.0 Å². The van der Waals surface area contributed by atoms with Gasteiger partial charge in [-0.3, -0.25) is 0 Å². The molecule has 0 N–H and O–H groups in total. The molecule has 0 saturated carbocycles. The Morgan fingerprint density at radius 2 is 1.67 bits per heavy atom. The molecule has 0 aromatic heterocycles. The van der Waals surface area contributed by atoms with Crippen LogP contribution < -0.4 is 0 Å². The van der Waals surface area contributed by atoms with Gasteiger partial charge >= 0.3 is 0 Å². The van der Waals surface area contributed by atoms with E-state index in [0.29, 0.717) is 16.5 Å². The minimum absolute atomic E-state index is 0.142. The van der Waals surface area contributed by atoms with Crippen LogP contribution in [0.5, 0.6) is 0 Å². The third-order valence-electron chi connectivity index (χ3n) is 2.44. The van der Waals surface area contributed by atoms with Gasteiger partial charge in [-0.05, 0) is 18.1 Å². The molecule has 1 aromatic rings. The molecule has 0 nitrogen and oxygen atoms in total. The van der Waals surface area contributed by atoms with Crippen molar-refractivity contribution < 1.29 is 0 Å². The number of hydrogen-bond donors (Lipinski definition) is 0. The van der Waals surface area contributed by atoms with E-state index < -0.39 is 0 Å². The number of hydrogen-bond acceptors (Lipinski definition) is 0. The van der Waals surface area contributed by atoms with Crippen LogP contribution in [-0.2, 0) is 0 Å². The van der Waals surface area contributed by atoms with Gasteiger partial charge in [-0.25, -0.2) is 0 Å². The van der Waals surface area contributed by atoms with Crippen LogP contribution in [0.4, 0.5) is 0 Å². The molecule has 1 aliphatic carbocycles. The van der Waals surface area contributed by atoms with E-state index in [9.17, 15) is 0 Å². The van der Waals surface area contributed by atoms with E-state index in [2.05, 4.69) is 0 Å². The van der Waals surface area contributed by atoms with E-state index in [1.54, 1.807) is 6.08 Å². The molecule has 0 bridgehead atoms. The molecule has 1 aliphatic rings. The monoisotopic (exact) mass is 258 g/mol. The maximum absolute atomic E-state index is 6.16. The lowest BCUT2D eigenvalue weighted by atomic mass is 9.92. The summed E-state index contributed by atoms with van der Waals surface area (Å²) in [5.41, 5.74) is 1.17. The van der Waals surface area contributed by atoms with Gasteiger partial charge in [-0.1, -0.05) is 65.1 Å². The summed E-state index contributed by atoms with van der Waals surface area (Å²) in [5.74, 6) is 0.142. The third-order valence-corrected chi connectivity index (χ3v) is 3.61. The summed E-state index contributed by atoms with van der Waals surface area (Å²) in [7, 11) is 0. The Morgan fingerprint density at radius 1 is 1.00 bits per heavy atom. The molecule has 0 unspecified atom stereocenters. The first-order valence-corrected chi connectivity index (χ1v) is 5.78. The van der Waals surface area contributed by atoms with E-state index in [1.807, 2.05) is 30.3 Å². The van der Waals surface area contributed by atoms with E-state index in [0.717, 1.165) is 5.03 Å². The molecule has 0 saturated heterocycles. The molecule has 0 aliphatic heterocycles. The number of benzene rings is 1. The lowest BCUT2D eigenvalue weighted by molar-refractivity contribution is 0.824. The van der Waals surface area contributed by atoms with Crippen molar-refractivity contribution in [2.24, 2.45) is 0 Å². The van der Waals surface area contributed by atoms with Crippen molar-refractivity contribution in [2.45, 2.75) is 12.3 Å². The molecular weight excluding hydrogens is 250 g/mol. The molecule has 1 atom stereocenters. The number of allylic oxidation sites excluding steroid dienone is 4. The van der Waals surface area contributed by atoms with Crippen LogP contribution in [0.3, 0.4) is 0 Å². The van der Waals surface area contributed by atoms with Crippen LogP contribution in [0.15, 0.2) is 51.5 Å². The smallest absolute Gasteiger partial charge is 0.0563 e. The molecule has 0 spiro atoms. The van der Waals surface area contributed by atoms with Gasteiger partial charge in [0.15, 0.2) is 0 Å². The van der Waals surface area contributed by atoms with E-state index >= 15 is 0 Å². The molecule has 2 rings (SSSR count). The van der Waals surface area contributed by atoms with Crippen LogP contribution in [0, 0.1) is 0 Å². The van der Waals surface area contributed by atoms with E-state index in [1.165, 1.54) is 5.56 Å². The second-order valence-electron chi connectivity index (χ2n) is 3.45. The Labute approximate surface area is 104 Å². The minimum atomic E-state index is 0.142. The van der Waals surface area contributed by atoms with Crippen LogP contribution in [0.2, 0.25) is 0 Å². The highest BCUT2D eigenvalue weighted by atomic mass is 35.5. The summed E-state index contributed by atoms with van der Waals surface area (Å²) in [5, 5.41) is 1.97. The second kappa shape index (κ2) is 4.61. The second-order valence-corrected chi connectivity index (χ2v) is 4.75. The molecule has 15 heavy (non-hydrogen) atoms. The van der Waals surface area contributed by atoms with Gasteiger partial charge in [0.1, 0.15) is 0 Å². The lowest BCUT2D eigenvalue weighted by Crippen LogP contribution is -2.03. The molecule has 78 valence electrons. The highest BCUT2D eigenvalue weighted by Crippen LogP contribution is 2.40. The van der Waals surface area contributed by atoms with Gasteiger partial charge in [-0.2, -0.15) is 0 Å². The van der Waals surface area contributed by atoms with Crippen molar-refractivity contribution >= 4 is 34.8 Å². The molecule has 0 fully saturated rings. The molecule has 3 heteroatoms. The van der Waals surface area contributed by atoms with Crippen molar-refractivity contribution in [3.8, 4) is 0 Å². The first-order valence-electron chi connectivity index (χ1n) is 4.64. The largest absolute Gasteiger partial charge is 0.0884 e. The van der Waals surface area contributed by atoms with Gasteiger partial charge in [0.05, 0.1) is 5.03 Å². The maximum atomic E-state index is 6.16. The zero-order valence-electron chi connectivity index (χ0n) is 7.88. The quantitative estimate of drug-likeness (QED) is 0.667. The zero-order chi connectivity index (χ0) is 10.8. The number of halogens is 3. The summed E-state index contributed by atoms with van der Waals surface area (Å²) < 4.78 is 0. The first-order chi connectivity index (χ1) is 7.18. The van der Waals surface area contributed by atoms with Crippen molar-refractivity contribution in [3.63, 3.8) is 0 Å². The van der Waals surface area contributed by atoms with E-state index in [4.69, 9.17) is 34.8 Å². The standard InChI is InChI=1S/C12H9Cl3/c13-10-7-12(15)11(14)6-9(10)8-4-2-1-3-5-8/h1-5,7,9H,6H2/t9-/m0/s1. The van der Waals surface area contributed by atoms with Gasteiger partial charge in [0.25, 0.3) is 0 Å². The highest BCUT2D eigenvalue weighted by Gasteiger charge is 2.21. The Balaban J connectivity index is 2.32. The first kappa shape index (κ1) is 11.1. The summed E-state index contributed by atoms with van der Waals surface area (Å²) in [6.45, 7) is 0. The van der Waals surface area contributed by atoms with Gasteiger partial charge in [0.2, 0.25) is 0 Å². The Hall–Kier alpha value is -0.430. The normalized spacial score (nSPS) is 21.5. The fourth-order valence-corrected chi connectivity index (χ4v) is 2.41. The van der Waals surface area contributed by atoms with E-state index in [-0.39, 0.29) is 5.92 Å². The van der Waals surface area contributed by atoms with Gasteiger partial charge < -0.3 is 0 Å². The molecule has 1 aromatic carbocycles. The van der Waals surface area contributed by atoms with Crippen molar-refractivity contribution in [1.29, 1.82) is 0 Å². The molecule has 0 radical (unpaired) electrons. The fourth-order valence-electron chi connectivity index (χ4n) is 1.64. The predicted molar refractivity (Wildman–Crippen MR) is 66.5 cm³/mol. The summed E-state index contributed by atoms with van der Waals surface area (Å²) in [6, 6.07) is 10.1. The fraction of sp³-hybridized carbons (Fsp3) is 0.167. The van der Waals surface area contributed by atoms with Gasteiger partial charge in [-0.15, -0.1) is 0 Å². The number of rotatable bonds is 1. The maximum Gasteiger partial charge on any atom is 0.0563 e. The van der Waals surface area contributed by atoms with Crippen LogP contribution in [0.25, 0.3) is 0 Å². The summed E-state index contributed by atoms with van der Waals surface area (Å²) in [6.07, 6.45) is 2.41. The highest BCUT2D eigenvalue weighted by molar-refractivity contribution is 6.42. The van der Waals surface area contributed by atoms with Crippen molar-refractivity contribution in [1.82, 2.24) is 0 Å². The SMILES string of the molecule is ClC1=CC(Cl)=C(Cl)C[C@H]1c1ccccc1. The average Bonchev–Trinajstić information content (AvgIpc) is 2.25. The topological polar surface area (TPSA) is 0 Å². The third kappa shape index (κ3) is 2.39. The van der Waals surface area contributed by atoms with Crippen LogP contribution >= 0.6 is 34.8 Å². The van der Waals surface area contributed by atoms with Crippen LogP contribution in [0.1, 0.15) is 17.9 Å². The Bertz CT molecular complexity index is 418. The minimum Gasteiger partial charge on any atom is -0.0884 e. The summed E-state index contributed by atoms with van der Waals surface area (Å²) in [4.78, 5) is 0. The molecule has 0 amide bonds. The Morgan fingerprint density at radius 3 is 2.33 bits per heavy atom. The van der Waals surface area contributed by atoms with Crippen molar-refractivity contribution in [2.75, 3.05) is 0 Å². The average molecular weight is 260 g/mol. The predicted octanol–water partition coefficient (Wildman–Crippen LogP) is 4.99. The lowest BCUT2D eigenvalue weighted by Gasteiger charge is -2.20. The van der Waals surface area contributed by atoms with Crippen LogP contribution in [-0.4, -0.2) is 0 Å². The van der Waals surface area contributed by atoms with Crippen molar-refractivity contribution in [3.05, 3.63) is 57.1 Å². The molecular formula is C12H9Cl3. The summed E-state index contributed by atoms with van der Waals surface area (Å²) >= 11 is 18.1. The Kier molecular flexibility index (Phi) is 3.40. The zero-order valence-corrected chi connectivity index (χ0v) is 10.2.